The molecular formula is C25H25ClN2O3S. The van der Waals surface area contributed by atoms with Crippen molar-refractivity contribution in [3.05, 3.63) is 88.9 Å². The Labute approximate surface area is 193 Å². The first-order valence-corrected chi connectivity index (χ1v) is 12.4. The van der Waals surface area contributed by atoms with Crippen LogP contribution in [-0.2, 0) is 9.84 Å². The van der Waals surface area contributed by atoms with Gasteiger partial charge in [0.15, 0.2) is 4.87 Å². The fourth-order valence-electron chi connectivity index (χ4n) is 4.19. The first-order valence-electron chi connectivity index (χ1n) is 10.5. The van der Waals surface area contributed by atoms with Crippen LogP contribution < -0.4 is 10.6 Å². The van der Waals surface area contributed by atoms with E-state index in [1.807, 2.05) is 42.5 Å². The largest absolute Gasteiger partial charge is 0.332 e. The van der Waals surface area contributed by atoms with E-state index in [9.17, 15) is 13.2 Å². The summed E-state index contributed by atoms with van der Waals surface area (Å²) in [6.45, 7) is 2.51. The predicted octanol–water partition coefficient (Wildman–Crippen LogP) is 4.60. The molecule has 0 aliphatic carbocycles. The lowest BCUT2D eigenvalue weighted by molar-refractivity contribution is 0.0917. The average Bonchev–Trinajstić information content (AvgIpc) is 2.82. The van der Waals surface area contributed by atoms with E-state index in [1.54, 1.807) is 37.3 Å². The molecule has 2 N–H and O–H groups in total. The molecule has 1 fully saturated rings. The zero-order valence-corrected chi connectivity index (χ0v) is 19.3. The molecule has 0 spiro atoms. The van der Waals surface area contributed by atoms with Gasteiger partial charge >= 0.3 is 0 Å². The molecule has 0 aromatic heterocycles. The Hall–Kier alpha value is -2.67. The Balaban J connectivity index is 1.77. The van der Waals surface area contributed by atoms with Crippen LogP contribution in [0.5, 0.6) is 0 Å². The topological polar surface area (TPSA) is 75.3 Å². The molecule has 0 bridgehead atoms. The number of carbonyl (C=O) groups is 1. The Kier molecular flexibility index (Phi) is 6.38. The molecule has 1 saturated heterocycles. The van der Waals surface area contributed by atoms with Gasteiger partial charge in [0.1, 0.15) is 0 Å². The standard InChI is InChI=1S/C25H25ClN2O3S/c1-18-22(26)13-7-14-23(18)32(30,31)25(15-8-16-27-17-25)28-24(29)21-12-6-5-11-20(21)19-9-3-2-4-10-19/h2-7,9-14,27H,8,15-17H2,1H3,(H,28,29)/t25-/m0/s1. The van der Waals surface area contributed by atoms with Crippen molar-refractivity contribution in [3.63, 3.8) is 0 Å². The summed E-state index contributed by atoms with van der Waals surface area (Å²) in [7, 11) is -3.94. The van der Waals surface area contributed by atoms with Crippen LogP contribution in [0.1, 0.15) is 28.8 Å². The Morgan fingerprint density at radius 3 is 2.44 bits per heavy atom. The second-order valence-corrected chi connectivity index (χ2v) is 10.6. The summed E-state index contributed by atoms with van der Waals surface area (Å²) in [4.78, 5) is 12.2. The average molecular weight is 469 g/mol. The Morgan fingerprint density at radius 1 is 1.00 bits per heavy atom. The molecular weight excluding hydrogens is 444 g/mol. The molecule has 0 saturated carbocycles. The summed E-state index contributed by atoms with van der Waals surface area (Å²) in [5.74, 6) is -0.420. The number of nitrogens with one attached hydrogen (secondary N) is 2. The molecule has 166 valence electrons. The Bertz CT molecular complexity index is 1240. The fraction of sp³-hybridized carbons (Fsp3) is 0.240. The highest BCUT2D eigenvalue weighted by Crippen LogP contribution is 2.34. The second-order valence-electron chi connectivity index (χ2n) is 8.01. The van der Waals surface area contributed by atoms with Crippen molar-refractivity contribution >= 4 is 27.3 Å². The summed E-state index contributed by atoms with van der Waals surface area (Å²) < 4.78 is 27.8. The molecule has 1 amide bonds. The van der Waals surface area contributed by atoms with Crippen LogP contribution in [0.3, 0.4) is 0 Å². The number of piperidine rings is 1. The molecule has 5 nitrogen and oxygen atoms in total. The van der Waals surface area contributed by atoms with Gasteiger partial charge < -0.3 is 10.6 Å². The van der Waals surface area contributed by atoms with Gasteiger partial charge in [-0.25, -0.2) is 8.42 Å². The maximum Gasteiger partial charge on any atom is 0.253 e. The minimum absolute atomic E-state index is 0.126. The van der Waals surface area contributed by atoms with Gasteiger partial charge in [-0.05, 0) is 61.2 Å². The SMILES string of the molecule is Cc1c(Cl)cccc1S(=O)(=O)[C@@]1(NC(=O)c2ccccc2-c2ccccc2)CCCNC1. The van der Waals surface area contributed by atoms with Crippen LogP contribution >= 0.6 is 11.6 Å². The minimum Gasteiger partial charge on any atom is -0.332 e. The highest BCUT2D eigenvalue weighted by molar-refractivity contribution is 7.93. The third-order valence-electron chi connectivity index (χ3n) is 5.96. The van der Waals surface area contributed by atoms with Crippen LogP contribution in [0.4, 0.5) is 0 Å². The molecule has 1 heterocycles. The maximum atomic E-state index is 13.9. The molecule has 0 unspecified atom stereocenters. The molecule has 1 aliphatic heterocycles. The van der Waals surface area contributed by atoms with E-state index in [0.717, 1.165) is 11.1 Å². The third-order valence-corrected chi connectivity index (χ3v) is 8.87. The summed E-state index contributed by atoms with van der Waals surface area (Å²) >= 11 is 6.23. The molecule has 3 aromatic rings. The molecule has 3 aromatic carbocycles. The number of rotatable bonds is 5. The number of sulfone groups is 1. The molecule has 32 heavy (non-hydrogen) atoms. The zero-order chi connectivity index (χ0) is 22.8. The van der Waals surface area contributed by atoms with E-state index in [1.165, 1.54) is 0 Å². The van der Waals surface area contributed by atoms with Gasteiger partial charge in [0, 0.05) is 17.1 Å². The Morgan fingerprint density at radius 2 is 1.72 bits per heavy atom. The second kappa shape index (κ2) is 9.06. The van der Waals surface area contributed by atoms with Crippen molar-refractivity contribution in [2.75, 3.05) is 13.1 Å². The first kappa shape index (κ1) is 22.5. The van der Waals surface area contributed by atoms with Crippen LogP contribution in [-0.4, -0.2) is 32.3 Å². The highest BCUT2D eigenvalue weighted by Gasteiger charge is 2.47. The molecule has 0 radical (unpaired) electrons. The van der Waals surface area contributed by atoms with E-state index in [4.69, 9.17) is 11.6 Å². The van der Waals surface area contributed by atoms with Crippen LogP contribution in [0.2, 0.25) is 5.02 Å². The summed E-state index contributed by atoms with van der Waals surface area (Å²) in [5, 5.41) is 6.45. The van der Waals surface area contributed by atoms with Gasteiger partial charge in [0.2, 0.25) is 9.84 Å². The first-order chi connectivity index (χ1) is 15.4. The van der Waals surface area contributed by atoms with Crippen molar-refractivity contribution in [2.45, 2.75) is 29.5 Å². The van der Waals surface area contributed by atoms with E-state index < -0.39 is 20.6 Å². The predicted molar refractivity (Wildman–Crippen MR) is 128 cm³/mol. The lowest BCUT2D eigenvalue weighted by atomic mass is 9.98. The highest BCUT2D eigenvalue weighted by atomic mass is 35.5. The van der Waals surface area contributed by atoms with E-state index in [-0.39, 0.29) is 11.4 Å². The lowest BCUT2D eigenvalue weighted by Crippen LogP contribution is -2.62. The smallest absolute Gasteiger partial charge is 0.253 e. The van der Waals surface area contributed by atoms with Crippen molar-refractivity contribution in [1.29, 1.82) is 0 Å². The molecule has 7 heteroatoms. The molecule has 1 atom stereocenters. The van der Waals surface area contributed by atoms with Crippen LogP contribution in [0, 0.1) is 6.92 Å². The number of halogens is 1. The van der Waals surface area contributed by atoms with Crippen molar-refractivity contribution in [3.8, 4) is 11.1 Å². The van der Waals surface area contributed by atoms with Gasteiger partial charge in [0.25, 0.3) is 5.91 Å². The lowest BCUT2D eigenvalue weighted by Gasteiger charge is -2.38. The van der Waals surface area contributed by atoms with Crippen LogP contribution in [0.15, 0.2) is 77.7 Å². The number of benzene rings is 3. The zero-order valence-electron chi connectivity index (χ0n) is 17.8. The summed E-state index contributed by atoms with van der Waals surface area (Å²) in [6.07, 6.45) is 0.937. The van der Waals surface area contributed by atoms with Gasteiger partial charge in [0.05, 0.1) is 4.90 Å². The maximum absolute atomic E-state index is 13.9. The van der Waals surface area contributed by atoms with Crippen molar-refractivity contribution < 1.29 is 13.2 Å². The van der Waals surface area contributed by atoms with Gasteiger partial charge in [-0.1, -0.05) is 66.2 Å². The van der Waals surface area contributed by atoms with Gasteiger partial charge in [-0.3, -0.25) is 4.79 Å². The van der Waals surface area contributed by atoms with Crippen molar-refractivity contribution in [2.24, 2.45) is 0 Å². The number of amides is 1. The number of carbonyl (C=O) groups excluding carboxylic acids is 1. The van der Waals surface area contributed by atoms with E-state index >= 15 is 0 Å². The fourth-order valence-corrected chi connectivity index (χ4v) is 6.55. The van der Waals surface area contributed by atoms with Crippen LogP contribution in [0.25, 0.3) is 11.1 Å². The molecule has 1 aliphatic rings. The third kappa shape index (κ3) is 4.06. The van der Waals surface area contributed by atoms with E-state index in [0.29, 0.717) is 35.5 Å². The monoisotopic (exact) mass is 468 g/mol. The summed E-state index contributed by atoms with van der Waals surface area (Å²) in [5.41, 5.74) is 2.56. The van der Waals surface area contributed by atoms with Crippen molar-refractivity contribution in [1.82, 2.24) is 10.6 Å². The molecule has 4 rings (SSSR count). The number of hydrogen-bond donors (Lipinski definition) is 2. The summed E-state index contributed by atoms with van der Waals surface area (Å²) in [6, 6.07) is 21.6. The van der Waals surface area contributed by atoms with Gasteiger partial charge in [-0.2, -0.15) is 0 Å². The number of hydrogen-bond acceptors (Lipinski definition) is 4. The van der Waals surface area contributed by atoms with E-state index in [2.05, 4.69) is 10.6 Å². The van der Waals surface area contributed by atoms with Gasteiger partial charge in [-0.15, -0.1) is 0 Å². The normalized spacial score (nSPS) is 18.8. The minimum atomic E-state index is -3.94. The quantitative estimate of drug-likeness (QED) is 0.574.